The maximum atomic E-state index is 12.8. The molecule has 0 radical (unpaired) electrons. The molecule has 1 unspecified atom stereocenters. The summed E-state index contributed by atoms with van der Waals surface area (Å²) in [6.45, 7) is 6.33. The fourth-order valence-corrected chi connectivity index (χ4v) is 4.07. The lowest BCUT2D eigenvalue weighted by atomic mass is 9.94. The van der Waals surface area contributed by atoms with Gasteiger partial charge in [0.1, 0.15) is 6.04 Å². The highest BCUT2D eigenvalue weighted by molar-refractivity contribution is 7.98. The quantitative estimate of drug-likeness (QED) is 0.762. The number of rotatable bonds is 5. The second-order valence-electron chi connectivity index (χ2n) is 8.05. The molecule has 1 fully saturated rings. The van der Waals surface area contributed by atoms with Crippen LogP contribution in [0.2, 0.25) is 0 Å². The average Bonchev–Trinajstić information content (AvgIpc) is 3.16. The molecule has 1 N–H and O–H groups in total. The van der Waals surface area contributed by atoms with Gasteiger partial charge < -0.3 is 10.2 Å². The van der Waals surface area contributed by atoms with E-state index in [0.29, 0.717) is 13.0 Å². The molecule has 1 atom stereocenters. The molecular weight excluding hydrogens is 370 g/mol. The summed E-state index contributed by atoms with van der Waals surface area (Å²) in [6.07, 6.45) is 3.36. The van der Waals surface area contributed by atoms with Crippen molar-refractivity contribution in [3.63, 3.8) is 0 Å². The predicted octanol–water partition coefficient (Wildman–Crippen LogP) is 4.35. The van der Waals surface area contributed by atoms with Crippen molar-refractivity contribution < 1.29 is 9.59 Å². The van der Waals surface area contributed by atoms with Crippen molar-refractivity contribution in [3.8, 4) is 0 Å². The van der Waals surface area contributed by atoms with Crippen LogP contribution in [0.5, 0.6) is 0 Å². The number of thioether (sulfide) groups is 1. The Balaban J connectivity index is 1.63. The molecule has 0 bridgehead atoms. The van der Waals surface area contributed by atoms with E-state index in [0.717, 1.165) is 28.5 Å². The molecule has 1 aromatic carbocycles. The van der Waals surface area contributed by atoms with Crippen LogP contribution in [0.1, 0.15) is 39.2 Å². The van der Waals surface area contributed by atoms with Crippen LogP contribution in [0.15, 0.2) is 53.7 Å². The van der Waals surface area contributed by atoms with Gasteiger partial charge in [-0.25, -0.2) is 4.98 Å². The summed E-state index contributed by atoms with van der Waals surface area (Å²) >= 11 is 1.66. The third-order valence-corrected chi connectivity index (χ3v) is 5.69. The zero-order valence-corrected chi connectivity index (χ0v) is 17.5. The molecule has 0 spiro atoms. The highest BCUT2D eigenvalue weighted by Crippen LogP contribution is 2.27. The Kier molecular flexibility index (Phi) is 6.39. The molecule has 6 heteroatoms. The van der Waals surface area contributed by atoms with Crippen LogP contribution in [0.25, 0.3) is 0 Å². The third-order valence-electron chi connectivity index (χ3n) is 4.68. The van der Waals surface area contributed by atoms with Crippen LogP contribution in [0.4, 0.5) is 5.69 Å². The zero-order chi connectivity index (χ0) is 20.1. The van der Waals surface area contributed by atoms with Gasteiger partial charge in [0.05, 0.1) is 5.03 Å². The van der Waals surface area contributed by atoms with E-state index in [1.807, 2.05) is 63.2 Å². The van der Waals surface area contributed by atoms with E-state index in [1.54, 1.807) is 22.9 Å². The van der Waals surface area contributed by atoms with Crippen molar-refractivity contribution in [3.05, 3.63) is 54.2 Å². The highest BCUT2D eigenvalue weighted by Gasteiger charge is 2.38. The maximum absolute atomic E-state index is 12.8. The summed E-state index contributed by atoms with van der Waals surface area (Å²) in [5.41, 5.74) is 1.40. The number of likely N-dealkylation sites (tertiary alicyclic amines) is 1. The lowest BCUT2D eigenvalue weighted by Crippen LogP contribution is -2.47. The first kappa shape index (κ1) is 20.4. The number of hydrogen-bond donors (Lipinski definition) is 1. The number of benzene rings is 1. The second kappa shape index (κ2) is 8.78. The minimum atomic E-state index is -0.481. The predicted molar refractivity (Wildman–Crippen MR) is 113 cm³/mol. The number of amides is 2. The molecule has 2 heterocycles. The Morgan fingerprint density at radius 1 is 1.21 bits per heavy atom. The van der Waals surface area contributed by atoms with Crippen LogP contribution in [0.3, 0.4) is 0 Å². The van der Waals surface area contributed by atoms with Crippen LogP contribution >= 0.6 is 11.8 Å². The largest absolute Gasteiger partial charge is 0.330 e. The van der Waals surface area contributed by atoms with Gasteiger partial charge in [0.2, 0.25) is 11.8 Å². The number of aromatic nitrogens is 1. The van der Waals surface area contributed by atoms with Gasteiger partial charge in [-0.1, -0.05) is 39.0 Å². The van der Waals surface area contributed by atoms with Gasteiger partial charge in [-0.05, 0) is 42.7 Å². The molecular formula is C22H27N3O2S. The Labute approximate surface area is 170 Å². The molecule has 1 saturated heterocycles. The molecule has 0 saturated carbocycles. The van der Waals surface area contributed by atoms with Crippen molar-refractivity contribution in [2.45, 2.75) is 50.4 Å². The standard InChI is InChI=1S/C22H27N3O2S/c1-22(2,3)21(27)25-13-7-10-18(25)20(26)24-17-9-6-8-16(14-17)15-28-19-11-4-5-12-23-19/h4-6,8-9,11-12,14,18H,7,10,13,15H2,1-3H3,(H,24,26). The smallest absolute Gasteiger partial charge is 0.247 e. The number of anilines is 1. The zero-order valence-electron chi connectivity index (χ0n) is 16.6. The minimum Gasteiger partial charge on any atom is -0.330 e. The SMILES string of the molecule is CC(C)(C)C(=O)N1CCCC1C(=O)Nc1cccc(CSc2ccccn2)c1. The summed E-state index contributed by atoms with van der Waals surface area (Å²) in [4.78, 5) is 31.5. The number of nitrogens with one attached hydrogen (secondary N) is 1. The maximum Gasteiger partial charge on any atom is 0.247 e. The second-order valence-corrected chi connectivity index (χ2v) is 9.05. The fourth-order valence-electron chi connectivity index (χ4n) is 3.27. The van der Waals surface area contributed by atoms with Crippen LogP contribution in [-0.2, 0) is 15.3 Å². The molecule has 5 nitrogen and oxygen atoms in total. The summed E-state index contributed by atoms with van der Waals surface area (Å²) in [6, 6.07) is 13.3. The molecule has 1 aromatic heterocycles. The van der Waals surface area contributed by atoms with E-state index < -0.39 is 11.5 Å². The topological polar surface area (TPSA) is 62.3 Å². The average molecular weight is 398 g/mol. The monoisotopic (exact) mass is 397 g/mol. The van der Waals surface area contributed by atoms with Crippen molar-refractivity contribution in [2.24, 2.45) is 5.41 Å². The number of carbonyl (C=O) groups is 2. The third kappa shape index (κ3) is 5.13. The Bertz CT molecular complexity index is 833. The van der Waals surface area contributed by atoms with Gasteiger partial charge in [-0.2, -0.15) is 0 Å². The Hall–Kier alpha value is -2.34. The number of pyridine rings is 1. The molecule has 0 aliphatic carbocycles. The van der Waals surface area contributed by atoms with Gasteiger partial charge in [-0.15, -0.1) is 11.8 Å². The number of nitrogens with zero attached hydrogens (tertiary/aromatic N) is 2. The van der Waals surface area contributed by atoms with Gasteiger partial charge in [0, 0.05) is 29.6 Å². The molecule has 1 aliphatic rings. The Morgan fingerprint density at radius 3 is 2.75 bits per heavy atom. The summed E-state index contributed by atoms with van der Waals surface area (Å²) < 4.78 is 0. The van der Waals surface area contributed by atoms with Crippen molar-refractivity contribution in [1.82, 2.24) is 9.88 Å². The summed E-state index contributed by atoms with van der Waals surface area (Å²) in [7, 11) is 0. The van der Waals surface area contributed by atoms with E-state index in [4.69, 9.17) is 0 Å². The summed E-state index contributed by atoms with van der Waals surface area (Å²) in [5, 5.41) is 3.97. The highest BCUT2D eigenvalue weighted by atomic mass is 32.2. The first-order valence-electron chi connectivity index (χ1n) is 9.59. The normalized spacial score (nSPS) is 16.8. The fraction of sp³-hybridized carbons (Fsp3) is 0.409. The first-order valence-corrected chi connectivity index (χ1v) is 10.6. The minimum absolute atomic E-state index is 0.0330. The molecule has 148 valence electrons. The van der Waals surface area contributed by atoms with E-state index in [2.05, 4.69) is 10.3 Å². The Morgan fingerprint density at radius 2 is 2.04 bits per heavy atom. The first-order chi connectivity index (χ1) is 13.3. The van der Waals surface area contributed by atoms with Crippen molar-refractivity contribution in [1.29, 1.82) is 0 Å². The molecule has 3 rings (SSSR count). The van der Waals surface area contributed by atoms with Gasteiger partial charge in [0.25, 0.3) is 0 Å². The molecule has 1 aliphatic heterocycles. The van der Waals surface area contributed by atoms with Crippen LogP contribution in [-0.4, -0.2) is 34.3 Å². The molecule has 2 aromatic rings. The molecule has 2 amide bonds. The number of hydrogen-bond acceptors (Lipinski definition) is 4. The van der Waals surface area contributed by atoms with Crippen LogP contribution < -0.4 is 5.32 Å². The lowest BCUT2D eigenvalue weighted by molar-refractivity contribution is -0.143. The van der Waals surface area contributed by atoms with E-state index in [9.17, 15) is 9.59 Å². The number of carbonyl (C=O) groups excluding carboxylic acids is 2. The van der Waals surface area contributed by atoms with E-state index >= 15 is 0 Å². The van der Waals surface area contributed by atoms with E-state index in [1.165, 1.54) is 0 Å². The van der Waals surface area contributed by atoms with Gasteiger partial charge >= 0.3 is 0 Å². The van der Waals surface area contributed by atoms with Gasteiger partial charge in [-0.3, -0.25) is 9.59 Å². The van der Waals surface area contributed by atoms with Crippen LogP contribution in [0, 0.1) is 5.41 Å². The molecule has 28 heavy (non-hydrogen) atoms. The summed E-state index contributed by atoms with van der Waals surface area (Å²) in [5.74, 6) is 0.703. The van der Waals surface area contributed by atoms with E-state index in [-0.39, 0.29) is 11.8 Å². The van der Waals surface area contributed by atoms with Crippen molar-refractivity contribution >= 4 is 29.3 Å². The van der Waals surface area contributed by atoms with Gasteiger partial charge in [0.15, 0.2) is 0 Å². The lowest BCUT2D eigenvalue weighted by Gasteiger charge is -2.30. The van der Waals surface area contributed by atoms with Crippen molar-refractivity contribution in [2.75, 3.05) is 11.9 Å².